The second kappa shape index (κ2) is 6.24. The third-order valence-corrected chi connectivity index (χ3v) is 7.23. The SMILES string of the molecule is c1cc2c(cc1C1CCCC1)c(C1CCCC1)cn2C1CCCC1. The molecule has 2 aromatic rings. The molecule has 0 saturated heterocycles. The Labute approximate surface area is 146 Å². The molecule has 1 aromatic carbocycles. The molecule has 0 radical (unpaired) electrons. The maximum Gasteiger partial charge on any atom is 0.0486 e. The fourth-order valence-electron chi connectivity index (χ4n) is 5.86. The molecule has 3 fully saturated rings. The van der Waals surface area contributed by atoms with Crippen LogP contribution in [0.1, 0.15) is 106 Å². The van der Waals surface area contributed by atoms with E-state index in [0.717, 1.165) is 17.9 Å². The summed E-state index contributed by atoms with van der Waals surface area (Å²) in [7, 11) is 0. The lowest BCUT2D eigenvalue weighted by Gasteiger charge is -2.14. The maximum absolute atomic E-state index is 2.68. The molecular formula is C23H31N. The Morgan fingerprint density at radius 1 is 0.708 bits per heavy atom. The first-order valence-corrected chi connectivity index (χ1v) is 10.5. The van der Waals surface area contributed by atoms with Gasteiger partial charge in [0, 0.05) is 23.1 Å². The van der Waals surface area contributed by atoms with E-state index in [-0.39, 0.29) is 0 Å². The van der Waals surface area contributed by atoms with Crippen LogP contribution in [0.4, 0.5) is 0 Å². The zero-order valence-corrected chi connectivity index (χ0v) is 15.0. The van der Waals surface area contributed by atoms with Gasteiger partial charge in [-0.3, -0.25) is 0 Å². The predicted molar refractivity (Wildman–Crippen MR) is 102 cm³/mol. The Hall–Kier alpha value is -1.24. The van der Waals surface area contributed by atoms with Gasteiger partial charge in [0.15, 0.2) is 0 Å². The van der Waals surface area contributed by atoms with Crippen molar-refractivity contribution in [3.8, 4) is 0 Å². The number of fused-ring (bicyclic) bond motifs is 1. The van der Waals surface area contributed by atoms with E-state index in [1.165, 1.54) is 82.6 Å². The minimum Gasteiger partial charge on any atom is -0.344 e. The van der Waals surface area contributed by atoms with Gasteiger partial charge in [-0.15, -0.1) is 0 Å². The molecule has 1 aromatic heterocycles. The average Bonchev–Trinajstić information content (AvgIpc) is 3.41. The Morgan fingerprint density at radius 2 is 1.33 bits per heavy atom. The molecule has 0 amide bonds. The lowest BCUT2D eigenvalue weighted by Crippen LogP contribution is -2.03. The smallest absolute Gasteiger partial charge is 0.0486 e. The first-order valence-electron chi connectivity index (χ1n) is 10.5. The van der Waals surface area contributed by atoms with Crippen molar-refractivity contribution in [2.75, 3.05) is 0 Å². The maximum atomic E-state index is 2.68. The first-order chi connectivity index (χ1) is 11.9. The van der Waals surface area contributed by atoms with Crippen LogP contribution in [0.15, 0.2) is 24.4 Å². The van der Waals surface area contributed by atoms with E-state index in [0.29, 0.717) is 0 Å². The number of hydrogen-bond donors (Lipinski definition) is 0. The minimum absolute atomic E-state index is 0.764. The van der Waals surface area contributed by atoms with Crippen LogP contribution in [-0.4, -0.2) is 4.57 Å². The molecule has 3 saturated carbocycles. The van der Waals surface area contributed by atoms with Gasteiger partial charge in [-0.25, -0.2) is 0 Å². The standard InChI is InChI=1S/C23H31N/c1-2-8-17(7-1)19-13-14-23-21(15-19)22(18-9-3-4-10-18)16-24(23)20-11-5-6-12-20/h13-18,20H,1-12H2. The topological polar surface area (TPSA) is 4.93 Å². The quantitative estimate of drug-likeness (QED) is 0.569. The van der Waals surface area contributed by atoms with Gasteiger partial charge in [-0.1, -0.05) is 44.6 Å². The summed E-state index contributed by atoms with van der Waals surface area (Å²) < 4.78 is 2.68. The van der Waals surface area contributed by atoms with Crippen LogP contribution in [0.2, 0.25) is 0 Å². The molecule has 3 aliphatic rings. The van der Waals surface area contributed by atoms with Gasteiger partial charge >= 0.3 is 0 Å². The molecule has 0 N–H and O–H groups in total. The zero-order valence-electron chi connectivity index (χ0n) is 15.0. The van der Waals surface area contributed by atoms with Gasteiger partial charge in [-0.2, -0.15) is 0 Å². The summed E-state index contributed by atoms with van der Waals surface area (Å²) in [6.07, 6.45) is 19.6. The van der Waals surface area contributed by atoms with Gasteiger partial charge in [-0.05, 0) is 73.6 Å². The van der Waals surface area contributed by atoms with Crippen LogP contribution in [0.5, 0.6) is 0 Å². The number of rotatable bonds is 3. The highest BCUT2D eigenvalue weighted by molar-refractivity contribution is 5.85. The molecule has 1 heteroatoms. The fraction of sp³-hybridized carbons (Fsp3) is 0.652. The highest BCUT2D eigenvalue weighted by atomic mass is 15.0. The molecule has 1 heterocycles. The van der Waals surface area contributed by atoms with E-state index in [1.54, 1.807) is 16.5 Å². The molecule has 128 valence electrons. The van der Waals surface area contributed by atoms with E-state index in [2.05, 4.69) is 29.0 Å². The van der Waals surface area contributed by atoms with E-state index in [1.807, 2.05) is 0 Å². The van der Waals surface area contributed by atoms with Crippen molar-refractivity contribution in [2.45, 2.75) is 94.9 Å². The number of aromatic nitrogens is 1. The molecule has 0 bridgehead atoms. The summed E-state index contributed by atoms with van der Waals surface area (Å²) in [5.74, 6) is 1.66. The second-order valence-corrected chi connectivity index (χ2v) is 8.67. The number of benzene rings is 1. The van der Waals surface area contributed by atoms with Crippen LogP contribution in [0.25, 0.3) is 10.9 Å². The molecule has 3 aliphatic carbocycles. The van der Waals surface area contributed by atoms with Crippen LogP contribution >= 0.6 is 0 Å². The molecule has 24 heavy (non-hydrogen) atoms. The lowest BCUT2D eigenvalue weighted by molar-refractivity contribution is 0.532. The van der Waals surface area contributed by atoms with Crippen molar-refractivity contribution in [3.05, 3.63) is 35.5 Å². The van der Waals surface area contributed by atoms with E-state index in [9.17, 15) is 0 Å². The monoisotopic (exact) mass is 321 g/mol. The molecule has 0 spiro atoms. The third-order valence-electron chi connectivity index (χ3n) is 7.23. The fourth-order valence-corrected chi connectivity index (χ4v) is 5.86. The summed E-state index contributed by atoms with van der Waals surface area (Å²) in [5.41, 5.74) is 4.85. The molecular weight excluding hydrogens is 290 g/mol. The van der Waals surface area contributed by atoms with Crippen LogP contribution in [0.3, 0.4) is 0 Å². The molecule has 0 atom stereocenters. The van der Waals surface area contributed by atoms with Gasteiger partial charge < -0.3 is 4.57 Å². The van der Waals surface area contributed by atoms with Crippen molar-refractivity contribution in [1.29, 1.82) is 0 Å². The molecule has 0 unspecified atom stereocenters. The van der Waals surface area contributed by atoms with Crippen molar-refractivity contribution < 1.29 is 0 Å². The average molecular weight is 322 g/mol. The minimum atomic E-state index is 0.764. The molecule has 0 aliphatic heterocycles. The Bertz CT molecular complexity index is 707. The Morgan fingerprint density at radius 3 is 2.04 bits per heavy atom. The van der Waals surface area contributed by atoms with Crippen molar-refractivity contribution in [2.24, 2.45) is 0 Å². The Balaban J connectivity index is 1.61. The van der Waals surface area contributed by atoms with Crippen molar-refractivity contribution in [3.63, 3.8) is 0 Å². The van der Waals surface area contributed by atoms with Gasteiger partial charge in [0.25, 0.3) is 0 Å². The van der Waals surface area contributed by atoms with Crippen LogP contribution in [-0.2, 0) is 0 Å². The summed E-state index contributed by atoms with van der Waals surface area (Å²) in [6, 6.07) is 8.30. The summed E-state index contributed by atoms with van der Waals surface area (Å²) in [5, 5.41) is 1.61. The third kappa shape index (κ3) is 2.52. The summed E-state index contributed by atoms with van der Waals surface area (Å²) >= 11 is 0. The molecule has 5 rings (SSSR count). The Kier molecular flexibility index (Phi) is 3.91. The lowest BCUT2D eigenvalue weighted by atomic mass is 9.92. The number of nitrogens with zero attached hydrogens (tertiary/aromatic N) is 1. The van der Waals surface area contributed by atoms with E-state index < -0.39 is 0 Å². The number of hydrogen-bond acceptors (Lipinski definition) is 0. The summed E-state index contributed by atoms with van der Waals surface area (Å²) in [6.45, 7) is 0. The highest BCUT2D eigenvalue weighted by Crippen LogP contribution is 2.43. The normalized spacial score (nSPS) is 23.8. The largest absolute Gasteiger partial charge is 0.344 e. The zero-order chi connectivity index (χ0) is 15.9. The van der Waals surface area contributed by atoms with E-state index >= 15 is 0 Å². The van der Waals surface area contributed by atoms with Gasteiger partial charge in [0.1, 0.15) is 0 Å². The van der Waals surface area contributed by atoms with Crippen LogP contribution < -0.4 is 0 Å². The van der Waals surface area contributed by atoms with Crippen molar-refractivity contribution in [1.82, 2.24) is 4.57 Å². The highest BCUT2D eigenvalue weighted by Gasteiger charge is 2.26. The predicted octanol–water partition coefficient (Wildman–Crippen LogP) is 7.07. The van der Waals surface area contributed by atoms with Crippen molar-refractivity contribution >= 4 is 10.9 Å². The van der Waals surface area contributed by atoms with Crippen LogP contribution in [0, 0.1) is 0 Å². The van der Waals surface area contributed by atoms with Gasteiger partial charge in [0.05, 0.1) is 0 Å². The molecule has 1 nitrogen and oxygen atoms in total. The van der Waals surface area contributed by atoms with E-state index in [4.69, 9.17) is 0 Å². The second-order valence-electron chi connectivity index (χ2n) is 8.67. The van der Waals surface area contributed by atoms with Gasteiger partial charge in [0.2, 0.25) is 0 Å². The first kappa shape index (κ1) is 15.0. The summed E-state index contributed by atoms with van der Waals surface area (Å²) in [4.78, 5) is 0.